The van der Waals surface area contributed by atoms with Crippen LogP contribution >= 0.6 is 11.9 Å². The lowest BCUT2D eigenvalue weighted by molar-refractivity contribution is 0.208. The molecule has 4 nitrogen and oxygen atoms in total. The molecule has 2 rings (SSSR count). The summed E-state index contributed by atoms with van der Waals surface area (Å²) < 4.78 is 16.0. The number of hydrogen-bond acceptors (Lipinski definition) is 3. The number of nitrogens with zero attached hydrogens (tertiary/aromatic N) is 1. The summed E-state index contributed by atoms with van der Waals surface area (Å²) in [4.78, 5) is 14.1. The van der Waals surface area contributed by atoms with Gasteiger partial charge in [-0.2, -0.15) is 0 Å². The Morgan fingerprint density at radius 1 is 1.33 bits per heavy atom. The van der Waals surface area contributed by atoms with Crippen molar-refractivity contribution in [2.24, 2.45) is 0 Å². The predicted octanol–water partition coefficient (Wildman–Crippen LogP) is 1.84. The van der Waals surface area contributed by atoms with Gasteiger partial charge in [0, 0.05) is 19.6 Å². The molecule has 2 amide bonds. The highest BCUT2D eigenvalue weighted by Crippen LogP contribution is 2.18. The molecule has 0 aromatic heterocycles. The summed E-state index contributed by atoms with van der Waals surface area (Å²) in [6.45, 7) is 3.16. The van der Waals surface area contributed by atoms with E-state index in [1.54, 1.807) is 23.1 Å². The van der Waals surface area contributed by atoms with Crippen LogP contribution in [0.1, 0.15) is 6.42 Å². The fourth-order valence-electron chi connectivity index (χ4n) is 1.74. The molecule has 1 aromatic rings. The van der Waals surface area contributed by atoms with Gasteiger partial charge in [0.2, 0.25) is 0 Å². The van der Waals surface area contributed by atoms with E-state index in [1.807, 2.05) is 0 Å². The third kappa shape index (κ3) is 3.61. The fraction of sp³-hybridized carbons (Fsp3) is 0.417. The molecule has 0 radical (unpaired) electrons. The van der Waals surface area contributed by atoms with Crippen LogP contribution in [0.4, 0.5) is 9.18 Å². The highest BCUT2D eigenvalue weighted by molar-refractivity contribution is 7.98. The number of amides is 2. The highest BCUT2D eigenvalue weighted by Gasteiger charge is 2.15. The fourth-order valence-corrected chi connectivity index (χ4v) is 2.38. The van der Waals surface area contributed by atoms with Gasteiger partial charge in [-0.1, -0.05) is 12.1 Å². The van der Waals surface area contributed by atoms with Crippen molar-refractivity contribution in [2.75, 3.05) is 26.2 Å². The molecule has 1 aromatic carbocycles. The number of urea groups is 1. The molecule has 0 unspecified atom stereocenters. The van der Waals surface area contributed by atoms with Gasteiger partial charge in [0.1, 0.15) is 5.82 Å². The molecule has 98 valence electrons. The average Bonchev–Trinajstić information content (AvgIpc) is 2.66. The topological polar surface area (TPSA) is 44.4 Å². The van der Waals surface area contributed by atoms with Crippen molar-refractivity contribution in [1.82, 2.24) is 14.9 Å². The maximum Gasteiger partial charge on any atom is 0.327 e. The van der Waals surface area contributed by atoms with Crippen LogP contribution in [0.3, 0.4) is 0 Å². The Kier molecular flexibility index (Phi) is 4.83. The largest absolute Gasteiger partial charge is 0.327 e. The Hall–Kier alpha value is -1.27. The van der Waals surface area contributed by atoms with Gasteiger partial charge in [0.05, 0.1) is 4.90 Å². The van der Waals surface area contributed by atoms with E-state index >= 15 is 0 Å². The molecule has 0 aliphatic carbocycles. The van der Waals surface area contributed by atoms with Crippen LogP contribution in [0.5, 0.6) is 0 Å². The molecule has 1 fully saturated rings. The molecule has 0 bridgehead atoms. The summed E-state index contributed by atoms with van der Waals surface area (Å²) in [5, 5.41) is 3.23. The summed E-state index contributed by atoms with van der Waals surface area (Å²) in [6.07, 6.45) is 0.942. The standard InChI is InChI=1S/C12H16FN3OS/c13-10-4-1-2-5-11(10)18-15-12(17)16-8-3-6-14-7-9-16/h1-2,4-5,14H,3,6-9H2,(H,15,17). The van der Waals surface area contributed by atoms with Gasteiger partial charge in [0.25, 0.3) is 0 Å². The minimum absolute atomic E-state index is 0.160. The summed E-state index contributed by atoms with van der Waals surface area (Å²) in [5.74, 6) is -0.319. The van der Waals surface area contributed by atoms with Crippen LogP contribution in [-0.2, 0) is 0 Å². The molecular formula is C12H16FN3OS. The van der Waals surface area contributed by atoms with Crippen LogP contribution in [-0.4, -0.2) is 37.1 Å². The molecule has 0 atom stereocenters. The number of carbonyl (C=O) groups is 1. The van der Waals surface area contributed by atoms with Crippen molar-refractivity contribution >= 4 is 18.0 Å². The Balaban J connectivity index is 1.86. The Morgan fingerprint density at radius 3 is 3.00 bits per heavy atom. The maximum atomic E-state index is 13.4. The highest BCUT2D eigenvalue weighted by atomic mass is 32.2. The maximum absolute atomic E-state index is 13.4. The van der Waals surface area contributed by atoms with Gasteiger partial charge in [0.15, 0.2) is 0 Å². The SMILES string of the molecule is O=C(NSc1ccccc1F)N1CCCNCC1. The second kappa shape index (κ2) is 6.61. The van der Waals surface area contributed by atoms with E-state index < -0.39 is 0 Å². The second-order valence-corrected chi connectivity index (χ2v) is 4.88. The molecule has 1 saturated heterocycles. The van der Waals surface area contributed by atoms with Gasteiger partial charge in [-0.15, -0.1) is 0 Å². The van der Waals surface area contributed by atoms with E-state index in [1.165, 1.54) is 6.07 Å². The van der Waals surface area contributed by atoms with Gasteiger partial charge >= 0.3 is 6.03 Å². The lowest BCUT2D eigenvalue weighted by atomic mass is 10.4. The molecule has 18 heavy (non-hydrogen) atoms. The molecule has 1 aliphatic rings. The number of hydrogen-bond donors (Lipinski definition) is 2. The van der Waals surface area contributed by atoms with E-state index in [4.69, 9.17) is 0 Å². The molecular weight excluding hydrogens is 253 g/mol. The number of benzene rings is 1. The third-order valence-electron chi connectivity index (χ3n) is 2.71. The van der Waals surface area contributed by atoms with E-state index in [0.717, 1.165) is 38.0 Å². The van der Waals surface area contributed by atoms with Gasteiger partial charge in [-0.25, -0.2) is 9.18 Å². The second-order valence-electron chi connectivity index (χ2n) is 4.03. The lowest BCUT2D eigenvalue weighted by Gasteiger charge is -2.19. The van der Waals surface area contributed by atoms with Crippen molar-refractivity contribution in [3.63, 3.8) is 0 Å². The molecule has 1 heterocycles. The normalized spacial score (nSPS) is 16.2. The quantitative estimate of drug-likeness (QED) is 0.805. The Labute approximate surface area is 110 Å². The van der Waals surface area contributed by atoms with E-state index in [9.17, 15) is 9.18 Å². The van der Waals surface area contributed by atoms with Gasteiger partial charge in [-0.3, -0.25) is 4.72 Å². The Bertz CT molecular complexity index is 408. The third-order valence-corrected chi connectivity index (χ3v) is 3.54. The zero-order chi connectivity index (χ0) is 12.8. The monoisotopic (exact) mass is 269 g/mol. The molecule has 0 saturated carbocycles. The summed E-state index contributed by atoms with van der Waals surface area (Å²) in [6, 6.07) is 6.23. The van der Waals surface area contributed by atoms with Gasteiger partial charge < -0.3 is 10.2 Å². The van der Waals surface area contributed by atoms with E-state index in [2.05, 4.69) is 10.0 Å². The Morgan fingerprint density at radius 2 is 2.17 bits per heavy atom. The van der Waals surface area contributed by atoms with Crippen LogP contribution < -0.4 is 10.0 Å². The average molecular weight is 269 g/mol. The number of carbonyl (C=O) groups excluding carboxylic acids is 1. The zero-order valence-corrected chi connectivity index (χ0v) is 10.8. The first-order chi connectivity index (χ1) is 8.77. The van der Waals surface area contributed by atoms with Crippen LogP contribution in [0.15, 0.2) is 29.2 Å². The van der Waals surface area contributed by atoms with Gasteiger partial charge in [-0.05, 0) is 37.0 Å². The first-order valence-corrected chi connectivity index (χ1v) is 6.76. The van der Waals surface area contributed by atoms with E-state index in [0.29, 0.717) is 11.4 Å². The number of rotatable bonds is 2. The first kappa shape index (κ1) is 13.2. The molecule has 0 spiro atoms. The van der Waals surface area contributed by atoms with Crippen molar-refractivity contribution in [1.29, 1.82) is 0 Å². The van der Waals surface area contributed by atoms with Crippen molar-refractivity contribution in [3.05, 3.63) is 30.1 Å². The van der Waals surface area contributed by atoms with Crippen molar-refractivity contribution in [3.8, 4) is 0 Å². The summed E-state index contributed by atoms with van der Waals surface area (Å²) >= 11 is 1.02. The molecule has 2 N–H and O–H groups in total. The van der Waals surface area contributed by atoms with Crippen LogP contribution in [0.2, 0.25) is 0 Å². The predicted molar refractivity (Wildman–Crippen MR) is 69.8 cm³/mol. The first-order valence-electron chi connectivity index (χ1n) is 5.94. The number of halogens is 1. The van der Waals surface area contributed by atoms with Crippen LogP contribution in [0.25, 0.3) is 0 Å². The van der Waals surface area contributed by atoms with E-state index in [-0.39, 0.29) is 11.8 Å². The van der Waals surface area contributed by atoms with Crippen molar-refractivity contribution < 1.29 is 9.18 Å². The zero-order valence-electron chi connectivity index (χ0n) is 9.99. The minimum atomic E-state index is -0.319. The number of nitrogens with one attached hydrogen (secondary N) is 2. The smallest absolute Gasteiger partial charge is 0.323 e. The van der Waals surface area contributed by atoms with Crippen LogP contribution in [0, 0.1) is 5.82 Å². The summed E-state index contributed by atoms with van der Waals surface area (Å²) in [5.41, 5.74) is 0. The molecule has 6 heteroatoms. The van der Waals surface area contributed by atoms with Crippen molar-refractivity contribution in [2.45, 2.75) is 11.3 Å². The molecule has 1 aliphatic heterocycles. The summed E-state index contributed by atoms with van der Waals surface area (Å²) in [7, 11) is 0. The lowest BCUT2D eigenvalue weighted by Crippen LogP contribution is -2.39. The minimum Gasteiger partial charge on any atom is -0.323 e.